The Balaban J connectivity index is 1.89. The van der Waals surface area contributed by atoms with E-state index < -0.39 is 0 Å². The van der Waals surface area contributed by atoms with Gasteiger partial charge in [0.15, 0.2) is 4.77 Å². The van der Waals surface area contributed by atoms with Gasteiger partial charge in [0, 0.05) is 25.4 Å². The molecule has 9 heteroatoms. The number of anilines is 1. The number of amides is 1. The highest BCUT2D eigenvalue weighted by Gasteiger charge is 2.13. The van der Waals surface area contributed by atoms with Crippen LogP contribution in [-0.4, -0.2) is 40.8 Å². The SMILES string of the molecule is C=CCn1c(=S)[nH]c2cc(C(=O)Nc3cccnc3OCCOC)ccc2c1=O. The third kappa shape index (κ3) is 4.58. The second kappa shape index (κ2) is 9.26. The number of hydrogen-bond donors (Lipinski definition) is 2. The van der Waals surface area contributed by atoms with Crippen molar-refractivity contribution in [3.63, 3.8) is 0 Å². The molecular formula is C20H20N4O4S. The van der Waals surface area contributed by atoms with Crippen LogP contribution in [-0.2, 0) is 11.3 Å². The third-order valence-corrected chi connectivity index (χ3v) is 4.42. The van der Waals surface area contributed by atoms with Gasteiger partial charge in [0.1, 0.15) is 12.3 Å². The Kier molecular flexibility index (Phi) is 6.53. The van der Waals surface area contributed by atoms with Crippen LogP contribution in [0, 0.1) is 4.77 Å². The van der Waals surface area contributed by atoms with Crippen LogP contribution in [0.5, 0.6) is 5.88 Å². The van der Waals surface area contributed by atoms with E-state index >= 15 is 0 Å². The molecule has 0 aliphatic carbocycles. The lowest BCUT2D eigenvalue weighted by atomic mass is 10.1. The normalized spacial score (nSPS) is 10.7. The minimum atomic E-state index is -0.369. The molecule has 1 aromatic carbocycles. The fraction of sp³-hybridized carbons (Fsp3) is 0.200. The maximum atomic E-state index is 12.7. The second-order valence-electron chi connectivity index (χ2n) is 6.05. The van der Waals surface area contributed by atoms with Crippen LogP contribution in [0.3, 0.4) is 0 Å². The number of nitrogens with one attached hydrogen (secondary N) is 2. The van der Waals surface area contributed by atoms with E-state index in [4.69, 9.17) is 21.7 Å². The van der Waals surface area contributed by atoms with E-state index in [-0.39, 0.29) is 16.2 Å². The Morgan fingerprint density at radius 3 is 2.97 bits per heavy atom. The molecule has 2 aromatic heterocycles. The lowest BCUT2D eigenvalue weighted by molar-refractivity contribution is 0.102. The Labute approximate surface area is 171 Å². The lowest BCUT2D eigenvalue weighted by Gasteiger charge is -2.11. The van der Waals surface area contributed by atoms with E-state index in [2.05, 4.69) is 21.9 Å². The summed E-state index contributed by atoms with van der Waals surface area (Å²) in [6, 6.07) is 8.14. The summed E-state index contributed by atoms with van der Waals surface area (Å²) in [6.07, 6.45) is 3.17. The molecule has 0 saturated heterocycles. The second-order valence-corrected chi connectivity index (χ2v) is 6.43. The number of carbonyl (C=O) groups is 1. The van der Waals surface area contributed by atoms with Crippen LogP contribution in [0.2, 0.25) is 0 Å². The molecule has 150 valence electrons. The smallest absolute Gasteiger partial charge is 0.262 e. The largest absolute Gasteiger partial charge is 0.474 e. The van der Waals surface area contributed by atoms with Gasteiger partial charge in [-0.05, 0) is 42.5 Å². The summed E-state index contributed by atoms with van der Waals surface area (Å²) in [4.78, 5) is 32.4. The summed E-state index contributed by atoms with van der Waals surface area (Å²) in [5, 5.41) is 3.21. The lowest BCUT2D eigenvalue weighted by Crippen LogP contribution is -2.22. The van der Waals surface area contributed by atoms with Crippen molar-refractivity contribution in [1.82, 2.24) is 14.5 Å². The van der Waals surface area contributed by atoms with Gasteiger partial charge in [-0.2, -0.15) is 0 Å². The number of rotatable bonds is 8. The summed E-state index contributed by atoms with van der Waals surface area (Å²) < 4.78 is 12.2. The van der Waals surface area contributed by atoms with E-state index in [0.29, 0.717) is 47.8 Å². The molecule has 0 radical (unpaired) electrons. The molecule has 0 spiro atoms. The highest BCUT2D eigenvalue weighted by atomic mass is 32.1. The first-order valence-corrected chi connectivity index (χ1v) is 9.22. The van der Waals surface area contributed by atoms with Crippen LogP contribution in [0.4, 0.5) is 5.69 Å². The molecule has 0 fully saturated rings. The van der Waals surface area contributed by atoms with Gasteiger partial charge < -0.3 is 19.8 Å². The molecular weight excluding hydrogens is 392 g/mol. The van der Waals surface area contributed by atoms with Crippen molar-refractivity contribution >= 4 is 34.7 Å². The number of H-pyrrole nitrogens is 1. The number of carbonyl (C=O) groups excluding carboxylic acids is 1. The molecule has 2 heterocycles. The first-order valence-electron chi connectivity index (χ1n) is 8.81. The van der Waals surface area contributed by atoms with Crippen molar-refractivity contribution in [2.24, 2.45) is 0 Å². The zero-order chi connectivity index (χ0) is 20.8. The zero-order valence-corrected chi connectivity index (χ0v) is 16.6. The molecule has 0 aliphatic rings. The molecule has 0 atom stereocenters. The minimum Gasteiger partial charge on any atom is -0.474 e. The standard InChI is InChI=1S/C20H20N4O4S/c1-3-9-24-19(26)14-7-6-13(12-16(14)23-20(24)29)17(25)22-15-5-4-8-21-18(15)28-11-10-27-2/h3-8,12H,1,9-11H2,2H3,(H,22,25)(H,23,29). The van der Waals surface area contributed by atoms with Crippen molar-refractivity contribution in [3.05, 3.63) is 69.9 Å². The van der Waals surface area contributed by atoms with Crippen molar-refractivity contribution in [2.45, 2.75) is 6.54 Å². The van der Waals surface area contributed by atoms with Crippen LogP contribution < -0.4 is 15.6 Å². The predicted molar refractivity (Wildman–Crippen MR) is 113 cm³/mol. The fourth-order valence-corrected chi connectivity index (χ4v) is 2.98. The molecule has 0 saturated carbocycles. The van der Waals surface area contributed by atoms with Gasteiger partial charge in [0.25, 0.3) is 11.5 Å². The number of benzene rings is 1. The zero-order valence-electron chi connectivity index (χ0n) is 15.8. The highest BCUT2D eigenvalue weighted by Crippen LogP contribution is 2.22. The van der Waals surface area contributed by atoms with Crippen molar-refractivity contribution in [3.8, 4) is 5.88 Å². The van der Waals surface area contributed by atoms with E-state index in [9.17, 15) is 9.59 Å². The van der Waals surface area contributed by atoms with E-state index in [1.807, 2.05) is 0 Å². The number of ether oxygens (including phenoxy) is 2. The van der Waals surface area contributed by atoms with Crippen molar-refractivity contribution in [2.75, 3.05) is 25.6 Å². The van der Waals surface area contributed by atoms with Gasteiger partial charge in [-0.25, -0.2) is 4.98 Å². The molecule has 3 rings (SSSR count). The fourth-order valence-electron chi connectivity index (χ4n) is 2.71. The summed E-state index contributed by atoms with van der Waals surface area (Å²) in [6.45, 7) is 4.64. The first kappa shape index (κ1) is 20.4. The molecule has 0 bridgehead atoms. The Bertz CT molecular complexity index is 1170. The molecule has 1 amide bonds. The van der Waals surface area contributed by atoms with Gasteiger partial charge in [0.05, 0.1) is 17.5 Å². The predicted octanol–water partition coefficient (Wildman–Crippen LogP) is 2.92. The van der Waals surface area contributed by atoms with Gasteiger partial charge >= 0.3 is 0 Å². The van der Waals surface area contributed by atoms with Gasteiger partial charge in [-0.1, -0.05) is 6.08 Å². The van der Waals surface area contributed by atoms with Crippen LogP contribution >= 0.6 is 12.2 Å². The number of hydrogen-bond acceptors (Lipinski definition) is 6. The Morgan fingerprint density at radius 1 is 1.38 bits per heavy atom. The van der Waals surface area contributed by atoms with Crippen molar-refractivity contribution in [1.29, 1.82) is 0 Å². The number of methoxy groups -OCH3 is 1. The summed E-state index contributed by atoms with van der Waals surface area (Å²) >= 11 is 5.24. The first-order chi connectivity index (χ1) is 14.0. The van der Waals surface area contributed by atoms with Crippen LogP contribution in [0.25, 0.3) is 10.9 Å². The summed E-state index contributed by atoms with van der Waals surface area (Å²) in [5.74, 6) is -0.0727. The molecule has 8 nitrogen and oxygen atoms in total. The monoisotopic (exact) mass is 412 g/mol. The molecule has 0 aliphatic heterocycles. The van der Waals surface area contributed by atoms with Gasteiger partial charge in [-0.15, -0.1) is 6.58 Å². The van der Waals surface area contributed by atoms with Crippen LogP contribution in [0.1, 0.15) is 10.4 Å². The quantitative estimate of drug-likeness (QED) is 0.335. The van der Waals surface area contributed by atoms with E-state index in [1.54, 1.807) is 49.7 Å². The molecule has 3 aromatic rings. The van der Waals surface area contributed by atoms with Crippen LogP contribution in [0.15, 0.2) is 54.0 Å². The van der Waals surface area contributed by atoms with Gasteiger partial charge in [-0.3, -0.25) is 14.2 Å². The number of fused-ring (bicyclic) bond motifs is 1. The van der Waals surface area contributed by atoms with Crippen molar-refractivity contribution < 1.29 is 14.3 Å². The van der Waals surface area contributed by atoms with E-state index in [0.717, 1.165) is 0 Å². The average Bonchev–Trinajstić information content (AvgIpc) is 2.72. The summed E-state index contributed by atoms with van der Waals surface area (Å²) in [5.41, 5.74) is 1.03. The number of nitrogens with zero attached hydrogens (tertiary/aromatic N) is 2. The minimum absolute atomic E-state index is 0.239. The highest BCUT2D eigenvalue weighted by molar-refractivity contribution is 7.71. The molecule has 2 N–H and O–H groups in total. The average molecular weight is 412 g/mol. The number of pyridine rings is 1. The summed E-state index contributed by atoms with van der Waals surface area (Å²) in [7, 11) is 1.57. The van der Waals surface area contributed by atoms with Gasteiger partial charge in [0.2, 0.25) is 5.88 Å². The number of allylic oxidation sites excluding steroid dienone is 1. The van der Waals surface area contributed by atoms with E-state index in [1.165, 1.54) is 4.57 Å². The number of aromatic nitrogens is 3. The molecule has 0 unspecified atom stereocenters. The maximum Gasteiger partial charge on any atom is 0.262 e. The third-order valence-electron chi connectivity index (χ3n) is 4.10. The molecule has 29 heavy (non-hydrogen) atoms. The maximum absolute atomic E-state index is 12.7. The Morgan fingerprint density at radius 2 is 2.21 bits per heavy atom. The Hall–Kier alpha value is -3.30. The topological polar surface area (TPSA) is 98.2 Å². The number of aromatic amines is 1.